The Kier molecular flexibility index (Phi) is 9.75. The first-order chi connectivity index (χ1) is 20.7. The number of fused-ring (bicyclic) bond motifs is 1. The van der Waals surface area contributed by atoms with Crippen LogP contribution >= 0.6 is 0 Å². The molecule has 4 rings (SSSR count). The van der Waals surface area contributed by atoms with Crippen molar-refractivity contribution in [2.45, 2.75) is 69.8 Å². The lowest BCUT2D eigenvalue weighted by Crippen LogP contribution is -2.58. The second-order valence-electron chi connectivity index (χ2n) is 10.0. The largest absolute Gasteiger partial charge is 0.496 e. The molecule has 2 aromatic carbocycles. The van der Waals surface area contributed by atoms with Gasteiger partial charge in [-0.3, -0.25) is 19.7 Å². The number of carbonyl (C=O) groups excluding carboxylic acids is 3. The monoisotopic (exact) mass is 626 g/mol. The molecule has 1 N–H and O–H groups in total. The van der Waals surface area contributed by atoms with Gasteiger partial charge in [0.05, 0.1) is 42.4 Å². The third kappa shape index (κ3) is 7.09. The molecular weight excluding hydrogens is 597 g/mol. The lowest BCUT2D eigenvalue weighted by Gasteiger charge is -2.42. The fourth-order valence-electron chi connectivity index (χ4n) is 5.00. The Morgan fingerprint density at radius 1 is 1.02 bits per heavy atom. The van der Waals surface area contributed by atoms with Gasteiger partial charge in [-0.1, -0.05) is 0 Å². The van der Waals surface area contributed by atoms with Gasteiger partial charge >= 0.3 is 18.1 Å². The van der Waals surface area contributed by atoms with Crippen LogP contribution in [0.5, 0.6) is 11.5 Å². The number of hydrogen-bond donors (Lipinski definition) is 1. The fourth-order valence-corrected chi connectivity index (χ4v) is 5.00. The predicted molar refractivity (Wildman–Crippen MR) is 142 cm³/mol. The highest BCUT2D eigenvalue weighted by Gasteiger charge is 2.47. The van der Waals surface area contributed by atoms with Crippen molar-refractivity contribution in [3.8, 4) is 11.5 Å². The molecule has 0 aliphatic carbocycles. The number of esters is 1. The number of nitro benzene ring substituents is 1. The summed E-state index contributed by atoms with van der Waals surface area (Å²) in [4.78, 5) is 47.4. The first-order valence-corrected chi connectivity index (χ1v) is 13.3. The summed E-state index contributed by atoms with van der Waals surface area (Å²) in [6.45, 7) is 2.72. The van der Waals surface area contributed by atoms with E-state index in [-0.39, 0.29) is 23.5 Å². The van der Waals surface area contributed by atoms with E-state index in [2.05, 4.69) is 0 Å². The molecule has 2 aliphatic heterocycles. The van der Waals surface area contributed by atoms with Gasteiger partial charge in [0.2, 0.25) is 0 Å². The molecule has 2 aromatic rings. The van der Waals surface area contributed by atoms with Crippen molar-refractivity contribution in [1.82, 2.24) is 5.32 Å². The maximum absolute atomic E-state index is 13.3. The predicted octanol–water partition coefficient (Wildman–Crippen LogP) is 3.57. The van der Waals surface area contributed by atoms with E-state index in [1.807, 2.05) is 5.32 Å². The maximum Gasteiger partial charge on any atom is 0.471 e. The molecule has 0 saturated carbocycles. The molecule has 0 spiro atoms. The van der Waals surface area contributed by atoms with E-state index in [1.165, 1.54) is 28.1 Å². The van der Waals surface area contributed by atoms with Crippen molar-refractivity contribution >= 4 is 23.3 Å². The Hall–Kier alpha value is -4.28. The summed E-state index contributed by atoms with van der Waals surface area (Å²) in [7, 11) is 2.84. The molecule has 238 valence electrons. The summed E-state index contributed by atoms with van der Waals surface area (Å²) >= 11 is 0. The van der Waals surface area contributed by atoms with Crippen molar-refractivity contribution in [2.75, 3.05) is 14.2 Å². The van der Waals surface area contributed by atoms with Gasteiger partial charge in [0.25, 0.3) is 5.69 Å². The number of methoxy groups -OCH3 is 2. The van der Waals surface area contributed by atoms with Crippen LogP contribution in [0.4, 0.5) is 18.9 Å². The number of ether oxygens (including phenoxy) is 6. The highest BCUT2D eigenvalue weighted by molar-refractivity contribution is 5.90. The quantitative estimate of drug-likeness (QED) is 0.246. The standard InChI is InChI=1S/C28H29F3N2O11/c1-13(34)21-11-17-19(39-3)9-10-20(40-4)23(17)26(42-21)43-22-12-18(32-27(36)28(29,30)31)24(14(2)41-22)44-25(35)15-5-7-16(8-6-15)33(37)38/h5-10,14,18,21-22,24,26H,11-12H2,1-4H3,(H,32,36)/t14-,18-,21-,22-,24+,26+/m0/s1. The molecule has 0 bridgehead atoms. The Morgan fingerprint density at radius 3 is 2.23 bits per heavy atom. The van der Waals surface area contributed by atoms with E-state index in [9.17, 15) is 37.7 Å². The summed E-state index contributed by atoms with van der Waals surface area (Å²) < 4.78 is 73.9. The Bertz CT molecular complexity index is 1420. The Morgan fingerprint density at radius 2 is 1.66 bits per heavy atom. The number of nitrogens with one attached hydrogen (secondary N) is 1. The number of rotatable bonds is 9. The topological polar surface area (TPSA) is 162 Å². The van der Waals surface area contributed by atoms with E-state index in [0.29, 0.717) is 22.6 Å². The summed E-state index contributed by atoms with van der Waals surface area (Å²) in [5.74, 6) is -2.87. The molecule has 2 aliphatic rings. The molecule has 44 heavy (non-hydrogen) atoms. The van der Waals surface area contributed by atoms with Crippen LogP contribution < -0.4 is 14.8 Å². The van der Waals surface area contributed by atoms with Gasteiger partial charge in [-0.25, -0.2) is 4.79 Å². The van der Waals surface area contributed by atoms with Crippen molar-refractivity contribution in [1.29, 1.82) is 0 Å². The van der Waals surface area contributed by atoms with Crippen molar-refractivity contribution in [3.63, 3.8) is 0 Å². The lowest BCUT2D eigenvalue weighted by molar-refractivity contribution is -0.384. The second-order valence-corrected chi connectivity index (χ2v) is 10.0. The van der Waals surface area contributed by atoms with Gasteiger partial charge < -0.3 is 33.7 Å². The van der Waals surface area contributed by atoms with Gasteiger partial charge in [0.15, 0.2) is 18.4 Å². The second kappa shape index (κ2) is 13.2. The zero-order valence-electron chi connectivity index (χ0n) is 23.9. The van der Waals surface area contributed by atoms with Crippen LogP contribution in [0.1, 0.15) is 48.0 Å². The average molecular weight is 627 g/mol. The highest BCUT2D eigenvalue weighted by Crippen LogP contribution is 2.43. The summed E-state index contributed by atoms with van der Waals surface area (Å²) in [6.07, 6.45) is -11.7. The minimum Gasteiger partial charge on any atom is -0.496 e. The molecule has 0 aromatic heterocycles. The van der Waals surface area contributed by atoms with E-state index in [1.54, 1.807) is 12.1 Å². The van der Waals surface area contributed by atoms with Crippen LogP contribution in [-0.4, -0.2) is 73.6 Å². The molecule has 1 saturated heterocycles. The first-order valence-electron chi connectivity index (χ1n) is 13.3. The Labute approximate surface area is 248 Å². The number of hydrogen-bond acceptors (Lipinski definition) is 11. The smallest absolute Gasteiger partial charge is 0.471 e. The van der Waals surface area contributed by atoms with Crippen LogP contribution in [-0.2, 0) is 35.0 Å². The minimum absolute atomic E-state index is 0.120. The fraction of sp³-hybridized carbons (Fsp3) is 0.464. The summed E-state index contributed by atoms with van der Waals surface area (Å²) in [6, 6.07) is 6.13. The number of alkyl halides is 3. The van der Waals surface area contributed by atoms with Gasteiger partial charge in [0, 0.05) is 30.5 Å². The van der Waals surface area contributed by atoms with Crippen molar-refractivity contribution in [2.24, 2.45) is 0 Å². The van der Waals surface area contributed by atoms with Gasteiger partial charge in [0.1, 0.15) is 23.7 Å². The number of amides is 1. The van der Waals surface area contributed by atoms with E-state index in [0.717, 1.165) is 24.3 Å². The number of benzene rings is 2. The number of halogens is 3. The molecule has 1 amide bonds. The van der Waals surface area contributed by atoms with Crippen molar-refractivity contribution in [3.05, 3.63) is 63.2 Å². The third-order valence-electron chi connectivity index (χ3n) is 7.16. The SMILES string of the molecule is COc1ccc(OC)c2c1C[C@@H](C(C)=O)O[C@@H]2O[C@H]1C[C@H](NC(=O)C(F)(F)F)[C@H](OC(=O)c2ccc([N+](=O)[O-])cc2)[C@H](C)O1. The van der Waals surface area contributed by atoms with Crippen LogP contribution in [0.25, 0.3) is 0 Å². The first kappa shape index (κ1) is 32.6. The normalized spacial score (nSPS) is 24.9. The lowest BCUT2D eigenvalue weighted by atomic mass is 9.94. The molecule has 0 unspecified atom stereocenters. The van der Waals surface area contributed by atoms with E-state index in [4.69, 9.17) is 28.4 Å². The molecular formula is C28H29F3N2O11. The average Bonchev–Trinajstić information content (AvgIpc) is 2.97. The van der Waals surface area contributed by atoms with E-state index >= 15 is 0 Å². The van der Waals surface area contributed by atoms with Crippen LogP contribution in [0.2, 0.25) is 0 Å². The molecule has 1 fully saturated rings. The maximum atomic E-state index is 13.3. The number of nitro groups is 1. The Balaban J connectivity index is 1.61. The molecule has 16 heteroatoms. The van der Waals surface area contributed by atoms with Gasteiger partial charge in [-0.15, -0.1) is 0 Å². The van der Waals surface area contributed by atoms with Crippen LogP contribution in [0, 0.1) is 10.1 Å². The number of nitrogens with zero attached hydrogens (tertiary/aromatic N) is 1. The summed E-state index contributed by atoms with van der Waals surface area (Å²) in [5, 5.41) is 12.8. The summed E-state index contributed by atoms with van der Waals surface area (Å²) in [5.41, 5.74) is 0.525. The minimum atomic E-state index is -5.26. The third-order valence-corrected chi connectivity index (χ3v) is 7.16. The molecule has 0 radical (unpaired) electrons. The van der Waals surface area contributed by atoms with Gasteiger partial charge in [-0.2, -0.15) is 13.2 Å². The van der Waals surface area contributed by atoms with Crippen molar-refractivity contribution < 1.29 is 60.9 Å². The molecule has 13 nitrogen and oxygen atoms in total. The van der Waals surface area contributed by atoms with Crippen LogP contribution in [0.15, 0.2) is 36.4 Å². The number of Topliss-reactive ketones (excluding diaryl/α,β-unsaturated/α-hetero) is 1. The molecule has 6 atom stereocenters. The highest BCUT2D eigenvalue weighted by atomic mass is 19.4. The van der Waals surface area contributed by atoms with Gasteiger partial charge in [-0.05, 0) is 38.1 Å². The zero-order valence-corrected chi connectivity index (χ0v) is 23.9. The van der Waals surface area contributed by atoms with E-state index < -0.39 is 66.3 Å². The number of ketones is 1. The molecule has 2 heterocycles. The number of non-ortho nitro benzene ring substituents is 1. The zero-order chi connectivity index (χ0) is 32.3. The number of carbonyl (C=O) groups is 3. The van der Waals surface area contributed by atoms with Crippen LogP contribution in [0.3, 0.4) is 0 Å².